The second-order valence-corrected chi connectivity index (χ2v) is 12.5. The maximum absolute atomic E-state index is 13.5. The van der Waals surface area contributed by atoms with Gasteiger partial charge in [0.25, 0.3) is 0 Å². The van der Waals surface area contributed by atoms with Gasteiger partial charge in [-0.25, -0.2) is 4.79 Å². The van der Waals surface area contributed by atoms with Crippen molar-refractivity contribution in [3.05, 3.63) is 124 Å². The van der Waals surface area contributed by atoms with Crippen molar-refractivity contribution >= 4 is 22.9 Å². The summed E-state index contributed by atoms with van der Waals surface area (Å²) in [7, 11) is 0. The third-order valence-electron chi connectivity index (χ3n) is 9.54. The number of fused-ring (bicyclic) bond motifs is 7. The molecule has 0 amide bonds. The van der Waals surface area contributed by atoms with Crippen LogP contribution in [-0.4, -0.2) is 12.5 Å². The first-order valence-corrected chi connectivity index (χ1v) is 15.1. The van der Waals surface area contributed by atoms with Crippen LogP contribution in [0.2, 0.25) is 0 Å². The van der Waals surface area contributed by atoms with Crippen LogP contribution in [-0.2, 0) is 10.3 Å². The van der Waals surface area contributed by atoms with Crippen LogP contribution in [0.4, 0.5) is 11.4 Å². The summed E-state index contributed by atoms with van der Waals surface area (Å²) >= 11 is 0. The van der Waals surface area contributed by atoms with Gasteiger partial charge in [0.15, 0.2) is 5.60 Å². The lowest BCUT2D eigenvalue weighted by Gasteiger charge is -2.41. The first-order valence-electron chi connectivity index (χ1n) is 15.1. The first-order chi connectivity index (χ1) is 20.2. The largest absolute Gasteiger partial charge is 0.456 e. The molecule has 0 saturated carbocycles. The molecule has 42 heavy (non-hydrogen) atoms. The molecule has 4 heteroatoms. The number of carbonyl (C=O) groups excluding carboxylic acids is 1. The molecule has 0 bridgehead atoms. The number of carbonyl (C=O) groups is 1. The number of benzene rings is 4. The molecule has 4 nitrogen and oxygen atoms in total. The van der Waals surface area contributed by atoms with Gasteiger partial charge in [-0.05, 0) is 97.7 Å². The van der Waals surface area contributed by atoms with Gasteiger partial charge in [0.05, 0.1) is 5.56 Å². The summed E-state index contributed by atoms with van der Waals surface area (Å²) in [4.78, 5) is 15.7. The molecule has 0 aromatic heterocycles. The fourth-order valence-electron chi connectivity index (χ4n) is 7.64. The lowest BCUT2D eigenvalue weighted by molar-refractivity contribution is 0.0224. The zero-order chi connectivity index (χ0) is 29.4. The van der Waals surface area contributed by atoms with Gasteiger partial charge >= 0.3 is 5.97 Å². The monoisotopic (exact) mass is 555 g/mol. The molecule has 212 valence electrons. The summed E-state index contributed by atoms with van der Waals surface area (Å²) in [6, 6.07) is 27.1. The van der Waals surface area contributed by atoms with Crippen LogP contribution >= 0.6 is 0 Å². The van der Waals surface area contributed by atoms with E-state index in [0.717, 1.165) is 46.8 Å². The number of anilines is 2. The van der Waals surface area contributed by atoms with Crippen molar-refractivity contribution in [1.29, 1.82) is 0 Å². The molecule has 2 unspecified atom stereocenters. The van der Waals surface area contributed by atoms with Gasteiger partial charge in [-0.3, -0.25) is 0 Å². The number of aryl methyl sites for hydroxylation is 1. The average Bonchev–Trinajstić information content (AvgIpc) is 3.26. The normalized spacial score (nSPS) is 21.0. The van der Waals surface area contributed by atoms with Crippen LogP contribution in [0.25, 0.3) is 5.57 Å². The topological polar surface area (TPSA) is 38.8 Å². The van der Waals surface area contributed by atoms with Crippen molar-refractivity contribution in [2.24, 2.45) is 5.41 Å². The third kappa shape index (κ3) is 3.70. The molecule has 0 N–H and O–H groups in total. The first kappa shape index (κ1) is 26.6. The molecule has 1 aliphatic carbocycles. The van der Waals surface area contributed by atoms with E-state index >= 15 is 0 Å². The summed E-state index contributed by atoms with van der Waals surface area (Å²) in [5.41, 5.74) is 9.29. The molecule has 0 radical (unpaired) electrons. The summed E-state index contributed by atoms with van der Waals surface area (Å²) in [5, 5.41) is 0. The van der Waals surface area contributed by atoms with Gasteiger partial charge < -0.3 is 14.4 Å². The molecular weight excluding hydrogens is 518 g/mol. The predicted molar refractivity (Wildman–Crippen MR) is 169 cm³/mol. The Balaban J connectivity index is 1.47. The van der Waals surface area contributed by atoms with Crippen LogP contribution in [0.15, 0.2) is 84.9 Å². The van der Waals surface area contributed by atoms with Gasteiger partial charge in [-0.2, -0.15) is 0 Å². The molecule has 0 saturated heterocycles. The lowest BCUT2D eigenvalue weighted by Crippen LogP contribution is -2.34. The van der Waals surface area contributed by atoms with E-state index in [1.54, 1.807) is 0 Å². The van der Waals surface area contributed by atoms with Crippen LogP contribution in [0.1, 0.15) is 90.7 Å². The smallest absolute Gasteiger partial charge is 0.340 e. The minimum atomic E-state index is -1.08. The van der Waals surface area contributed by atoms with Crippen LogP contribution in [0.3, 0.4) is 0 Å². The molecule has 3 aliphatic rings. The minimum absolute atomic E-state index is 0.0133. The molecule has 2 heterocycles. The highest BCUT2D eigenvalue weighted by Gasteiger charge is 2.54. The molecular formula is C38H37NO3. The van der Waals surface area contributed by atoms with Crippen LogP contribution in [0.5, 0.6) is 11.5 Å². The van der Waals surface area contributed by atoms with Crippen molar-refractivity contribution in [3.8, 4) is 11.5 Å². The quantitative estimate of drug-likeness (QED) is 0.235. The van der Waals surface area contributed by atoms with Crippen molar-refractivity contribution in [3.63, 3.8) is 0 Å². The number of ether oxygens (including phenoxy) is 2. The number of allylic oxidation sites excluding steroid dienone is 2. The van der Waals surface area contributed by atoms with Gasteiger partial charge in [0.1, 0.15) is 11.5 Å². The number of nitrogens with zero attached hydrogens (tertiary/aromatic N) is 1. The molecule has 1 spiro atoms. The fourth-order valence-corrected chi connectivity index (χ4v) is 7.64. The maximum atomic E-state index is 13.5. The summed E-state index contributed by atoms with van der Waals surface area (Å²) in [5.74, 6) is 1.48. The Bertz CT molecular complexity index is 1780. The fraction of sp³-hybridized carbons (Fsp3) is 0.289. The van der Waals surface area contributed by atoms with Crippen LogP contribution in [0, 0.1) is 12.3 Å². The number of hydrogen-bond donors (Lipinski definition) is 0. The summed E-state index contributed by atoms with van der Waals surface area (Å²) < 4.78 is 13.3. The predicted octanol–water partition coefficient (Wildman–Crippen LogP) is 9.66. The van der Waals surface area contributed by atoms with Gasteiger partial charge in [0, 0.05) is 40.7 Å². The standard InChI is InChI=1S/C38H37NO3/c1-7-30-29-20-33-35(21-28(29)24(4)22-37(30,5)6)41-34-19-26(39(8-2)25-15-13-23(3)14-16-25)17-18-32(34)38(33)31-12-10-9-11-27(31)36(40)42-38/h9-22,30H,7-8H2,1-6H3. The molecule has 2 aliphatic heterocycles. The summed E-state index contributed by atoms with van der Waals surface area (Å²) in [6.45, 7) is 14.1. The minimum Gasteiger partial charge on any atom is -0.456 e. The highest BCUT2D eigenvalue weighted by atomic mass is 16.6. The molecule has 0 fully saturated rings. The van der Waals surface area contributed by atoms with E-state index in [1.165, 1.54) is 22.3 Å². The molecule has 4 aromatic rings. The van der Waals surface area contributed by atoms with Crippen molar-refractivity contribution < 1.29 is 14.3 Å². The highest BCUT2D eigenvalue weighted by molar-refractivity contribution is 5.97. The van der Waals surface area contributed by atoms with Crippen LogP contribution < -0.4 is 9.64 Å². The molecule has 7 rings (SSSR count). The second kappa shape index (κ2) is 9.35. The molecule has 4 aromatic carbocycles. The van der Waals surface area contributed by atoms with E-state index < -0.39 is 5.60 Å². The Morgan fingerprint density at radius 3 is 2.24 bits per heavy atom. The van der Waals surface area contributed by atoms with Gasteiger partial charge in [-0.1, -0.05) is 62.7 Å². The zero-order valence-electron chi connectivity index (χ0n) is 25.2. The maximum Gasteiger partial charge on any atom is 0.340 e. The van der Waals surface area contributed by atoms with Gasteiger partial charge in [0.2, 0.25) is 0 Å². The number of rotatable bonds is 4. The number of hydrogen-bond acceptors (Lipinski definition) is 4. The summed E-state index contributed by atoms with van der Waals surface area (Å²) in [6.07, 6.45) is 3.41. The Labute approximate surface area is 248 Å². The van der Waals surface area contributed by atoms with E-state index in [-0.39, 0.29) is 11.4 Å². The Hall–Kier alpha value is -4.31. The SMILES string of the molecule is CCC1c2cc3c(cc2C(C)=CC1(C)C)Oc1cc(N(CC)c2ccc(C)cc2)ccc1C31OC(=O)c2ccccc21. The zero-order valence-corrected chi connectivity index (χ0v) is 25.2. The van der Waals surface area contributed by atoms with E-state index in [9.17, 15) is 4.79 Å². The third-order valence-corrected chi connectivity index (χ3v) is 9.54. The Kier molecular flexibility index (Phi) is 5.92. The lowest BCUT2D eigenvalue weighted by atomic mass is 9.65. The highest BCUT2D eigenvalue weighted by Crippen LogP contribution is 2.59. The van der Waals surface area contributed by atoms with Crippen molar-refractivity contribution in [1.82, 2.24) is 0 Å². The number of esters is 1. The Morgan fingerprint density at radius 2 is 1.50 bits per heavy atom. The Morgan fingerprint density at radius 1 is 0.786 bits per heavy atom. The van der Waals surface area contributed by atoms with Crippen molar-refractivity contribution in [2.45, 2.75) is 59.5 Å². The van der Waals surface area contributed by atoms with E-state index in [0.29, 0.717) is 17.2 Å². The molecule has 2 atom stereocenters. The van der Waals surface area contributed by atoms with Crippen molar-refractivity contribution in [2.75, 3.05) is 11.4 Å². The van der Waals surface area contributed by atoms with E-state index in [1.807, 2.05) is 24.3 Å². The van der Waals surface area contributed by atoms with E-state index in [2.05, 4.69) is 107 Å². The second-order valence-electron chi connectivity index (χ2n) is 12.5. The van der Waals surface area contributed by atoms with Gasteiger partial charge in [-0.15, -0.1) is 0 Å². The van der Waals surface area contributed by atoms with E-state index in [4.69, 9.17) is 9.47 Å². The average molecular weight is 556 g/mol.